The molecule has 2 amide bonds. The second kappa shape index (κ2) is 5.50. The van der Waals surface area contributed by atoms with E-state index in [0.29, 0.717) is 43.2 Å². The Morgan fingerprint density at radius 2 is 1.57 bits per heavy atom. The van der Waals surface area contributed by atoms with Gasteiger partial charge in [-0.1, -0.05) is 25.9 Å². The van der Waals surface area contributed by atoms with Crippen LogP contribution in [-0.4, -0.2) is 52.9 Å². The Morgan fingerprint density at radius 1 is 1.05 bits per heavy atom. The van der Waals surface area contributed by atoms with Crippen LogP contribution >= 0.6 is 0 Å². The summed E-state index contributed by atoms with van der Waals surface area (Å²) in [5.74, 6) is 0.617. The van der Waals surface area contributed by atoms with Crippen molar-refractivity contribution < 1.29 is 14.1 Å². The second-order valence-corrected chi connectivity index (χ2v) is 6.53. The highest BCUT2D eigenvalue weighted by Gasteiger charge is 2.32. The van der Waals surface area contributed by atoms with Crippen molar-refractivity contribution in [2.75, 3.05) is 26.2 Å². The molecule has 1 aromatic rings. The number of piperazine rings is 1. The van der Waals surface area contributed by atoms with Gasteiger partial charge in [0.05, 0.1) is 5.69 Å². The van der Waals surface area contributed by atoms with Crippen molar-refractivity contribution in [2.24, 2.45) is 5.41 Å². The zero-order valence-corrected chi connectivity index (χ0v) is 13.4. The lowest BCUT2D eigenvalue weighted by molar-refractivity contribution is -0.140. The topological polar surface area (TPSA) is 66.7 Å². The van der Waals surface area contributed by atoms with Crippen LogP contribution in [0, 0.1) is 19.3 Å². The van der Waals surface area contributed by atoms with Gasteiger partial charge in [0.25, 0.3) is 5.91 Å². The molecule has 1 saturated heterocycles. The first-order valence-electron chi connectivity index (χ1n) is 7.23. The molecule has 2 heterocycles. The summed E-state index contributed by atoms with van der Waals surface area (Å²) in [5.41, 5.74) is 0.782. The molecule has 1 aliphatic heterocycles. The van der Waals surface area contributed by atoms with E-state index in [1.165, 1.54) is 0 Å². The van der Waals surface area contributed by atoms with Crippen LogP contribution in [0.15, 0.2) is 4.52 Å². The molecule has 0 bridgehead atoms. The van der Waals surface area contributed by atoms with E-state index >= 15 is 0 Å². The van der Waals surface area contributed by atoms with E-state index in [-0.39, 0.29) is 17.2 Å². The molecule has 0 N–H and O–H groups in total. The molecule has 1 aromatic heterocycles. The first-order valence-corrected chi connectivity index (χ1v) is 7.23. The van der Waals surface area contributed by atoms with Gasteiger partial charge in [0, 0.05) is 31.6 Å². The van der Waals surface area contributed by atoms with Crippen LogP contribution in [0.4, 0.5) is 0 Å². The number of carbonyl (C=O) groups excluding carboxylic acids is 2. The molecule has 21 heavy (non-hydrogen) atoms. The van der Waals surface area contributed by atoms with Gasteiger partial charge >= 0.3 is 0 Å². The normalized spacial score (nSPS) is 16.2. The van der Waals surface area contributed by atoms with E-state index in [0.717, 1.165) is 0 Å². The molecule has 6 heteroatoms. The summed E-state index contributed by atoms with van der Waals surface area (Å²) in [6, 6.07) is 0. The fourth-order valence-electron chi connectivity index (χ4n) is 2.53. The molecule has 2 rings (SSSR count). The third kappa shape index (κ3) is 3.09. The van der Waals surface area contributed by atoms with Gasteiger partial charge in [-0.25, -0.2) is 0 Å². The van der Waals surface area contributed by atoms with E-state index in [1.54, 1.807) is 18.7 Å². The van der Waals surface area contributed by atoms with Gasteiger partial charge < -0.3 is 14.3 Å². The van der Waals surface area contributed by atoms with Crippen LogP contribution < -0.4 is 0 Å². The van der Waals surface area contributed by atoms with Crippen molar-refractivity contribution in [2.45, 2.75) is 34.6 Å². The summed E-state index contributed by atoms with van der Waals surface area (Å²) in [4.78, 5) is 28.3. The van der Waals surface area contributed by atoms with Crippen LogP contribution in [0.3, 0.4) is 0 Å². The highest BCUT2D eigenvalue weighted by Crippen LogP contribution is 2.20. The maximum Gasteiger partial charge on any atom is 0.259 e. The van der Waals surface area contributed by atoms with Crippen LogP contribution in [0.5, 0.6) is 0 Å². The number of nitrogens with zero attached hydrogens (tertiary/aromatic N) is 3. The number of hydrogen-bond donors (Lipinski definition) is 0. The maximum absolute atomic E-state index is 12.5. The molecule has 0 aliphatic carbocycles. The predicted octanol–water partition coefficient (Wildman–Crippen LogP) is 1.62. The van der Waals surface area contributed by atoms with E-state index < -0.39 is 0 Å². The molecule has 0 aromatic carbocycles. The Kier molecular flexibility index (Phi) is 4.07. The van der Waals surface area contributed by atoms with Crippen molar-refractivity contribution in [1.82, 2.24) is 15.0 Å². The molecule has 6 nitrogen and oxygen atoms in total. The van der Waals surface area contributed by atoms with Crippen LogP contribution in [0.1, 0.15) is 42.6 Å². The Balaban J connectivity index is 2.02. The summed E-state index contributed by atoms with van der Waals surface area (Å²) in [6.45, 7) is 11.5. The predicted molar refractivity (Wildman–Crippen MR) is 77.9 cm³/mol. The lowest BCUT2D eigenvalue weighted by atomic mass is 9.94. The van der Waals surface area contributed by atoms with Crippen molar-refractivity contribution in [3.05, 3.63) is 17.0 Å². The first-order chi connectivity index (χ1) is 9.71. The molecule has 0 saturated carbocycles. The zero-order chi connectivity index (χ0) is 15.8. The molecule has 1 aliphatic rings. The Bertz CT molecular complexity index is 530. The number of hydrogen-bond acceptors (Lipinski definition) is 4. The molecule has 0 atom stereocenters. The molecule has 116 valence electrons. The second-order valence-electron chi connectivity index (χ2n) is 6.53. The van der Waals surface area contributed by atoms with Gasteiger partial charge in [-0.2, -0.15) is 0 Å². The van der Waals surface area contributed by atoms with Gasteiger partial charge in [0.15, 0.2) is 0 Å². The number of carbonyl (C=O) groups is 2. The summed E-state index contributed by atoms with van der Waals surface area (Å²) in [5, 5.41) is 3.82. The summed E-state index contributed by atoms with van der Waals surface area (Å²) in [7, 11) is 0. The Hall–Kier alpha value is -1.85. The van der Waals surface area contributed by atoms with Gasteiger partial charge in [-0.05, 0) is 13.8 Å². The number of amides is 2. The highest BCUT2D eigenvalue weighted by molar-refractivity contribution is 5.96. The van der Waals surface area contributed by atoms with E-state index in [2.05, 4.69) is 5.16 Å². The molecule has 1 fully saturated rings. The first kappa shape index (κ1) is 15.5. The molecular formula is C15H23N3O3. The number of aryl methyl sites for hydroxylation is 2. The van der Waals surface area contributed by atoms with Crippen molar-refractivity contribution in [3.8, 4) is 0 Å². The molecule has 0 radical (unpaired) electrons. The smallest absolute Gasteiger partial charge is 0.259 e. The van der Waals surface area contributed by atoms with Gasteiger partial charge in [-0.15, -0.1) is 0 Å². The van der Waals surface area contributed by atoms with Crippen molar-refractivity contribution in [1.29, 1.82) is 0 Å². The van der Waals surface area contributed by atoms with Crippen LogP contribution in [0.25, 0.3) is 0 Å². The standard InChI is InChI=1S/C15H23N3O3/c1-10-12(11(2)21-16-10)13(19)17-6-8-18(9-7-17)14(20)15(3,4)5/h6-9H2,1-5H3. The van der Waals surface area contributed by atoms with Crippen molar-refractivity contribution in [3.63, 3.8) is 0 Å². The minimum atomic E-state index is -0.381. The van der Waals surface area contributed by atoms with Crippen LogP contribution in [-0.2, 0) is 4.79 Å². The van der Waals surface area contributed by atoms with E-state index in [9.17, 15) is 9.59 Å². The number of aromatic nitrogens is 1. The monoisotopic (exact) mass is 293 g/mol. The maximum atomic E-state index is 12.5. The molecule has 0 unspecified atom stereocenters. The van der Waals surface area contributed by atoms with Gasteiger partial charge in [-0.3, -0.25) is 9.59 Å². The lowest BCUT2D eigenvalue weighted by Crippen LogP contribution is -2.53. The highest BCUT2D eigenvalue weighted by atomic mass is 16.5. The average Bonchev–Trinajstić information content (AvgIpc) is 2.76. The fourth-order valence-corrected chi connectivity index (χ4v) is 2.53. The van der Waals surface area contributed by atoms with E-state index in [4.69, 9.17) is 4.52 Å². The SMILES string of the molecule is Cc1noc(C)c1C(=O)N1CCN(C(=O)C(C)(C)C)CC1. The summed E-state index contributed by atoms with van der Waals surface area (Å²) in [6.07, 6.45) is 0. The Morgan fingerprint density at radius 3 is 2.00 bits per heavy atom. The molecular weight excluding hydrogens is 270 g/mol. The molecule has 0 spiro atoms. The quantitative estimate of drug-likeness (QED) is 0.789. The number of rotatable bonds is 1. The minimum Gasteiger partial charge on any atom is -0.361 e. The van der Waals surface area contributed by atoms with Gasteiger partial charge in [0.2, 0.25) is 5.91 Å². The average molecular weight is 293 g/mol. The van der Waals surface area contributed by atoms with Crippen LogP contribution in [0.2, 0.25) is 0 Å². The van der Waals surface area contributed by atoms with E-state index in [1.807, 2.05) is 25.7 Å². The fraction of sp³-hybridized carbons (Fsp3) is 0.667. The lowest BCUT2D eigenvalue weighted by Gasteiger charge is -2.37. The summed E-state index contributed by atoms with van der Waals surface area (Å²) < 4.78 is 5.05. The van der Waals surface area contributed by atoms with Crippen molar-refractivity contribution >= 4 is 11.8 Å². The van der Waals surface area contributed by atoms with Gasteiger partial charge in [0.1, 0.15) is 11.3 Å². The zero-order valence-electron chi connectivity index (χ0n) is 13.4. The third-order valence-corrected chi connectivity index (χ3v) is 3.74. The third-order valence-electron chi connectivity index (χ3n) is 3.74. The minimum absolute atomic E-state index is 0.0610. The summed E-state index contributed by atoms with van der Waals surface area (Å²) >= 11 is 0. The largest absolute Gasteiger partial charge is 0.361 e. The Labute approximate surface area is 125 Å².